The Morgan fingerprint density at radius 1 is 1.15 bits per heavy atom. The average molecular weight is 362 g/mol. The molecular weight excluding hydrogens is 348 g/mol. The number of benzene rings is 2. The van der Waals surface area contributed by atoms with Crippen molar-refractivity contribution in [2.24, 2.45) is 0 Å². The predicted octanol–water partition coefficient (Wildman–Crippen LogP) is 2.12. The molecule has 4 aromatic rings. The summed E-state index contributed by atoms with van der Waals surface area (Å²) in [6, 6.07) is 13.1. The molecule has 134 valence electrons. The number of imidazole rings is 1. The zero-order chi connectivity index (χ0) is 19.0. The highest BCUT2D eigenvalue weighted by molar-refractivity contribution is 5.73. The molecule has 2 aromatic carbocycles. The second-order valence-electron chi connectivity index (χ2n) is 5.95. The van der Waals surface area contributed by atoms with Gasteiger partial charge in [-0.15, -0.1) is 0 Å². The SMILES string of the molecule is Nc1ccc(Cn2c(=O)n(-c3cccc([N+](=O)[O-])c3)c3ncncc32)cc1. The van der Waals surface area contributed by atoms with E-state index in [4.69, 9.17) is 5.73 Å². The van der Waals surface area contributed by atoms with Gasteiger partial charge in [-0.1, -0.05) is 18.2 Å². The van der Waals surface area contributed by atoms with Crippen molar-refractivity contribution in [3.63, 3.8) is 0 Å². The van der Waals surface area contributed by atoms with Gasteiger partial charge in [0.05, 0.1) is 23.4 Å². The van der Waals surface area contributed by atoms with Crippen molar-refractivity contribution in [3.05, 3.63) is 87.2 Å². The highest BCUT2D eigenvalue weighted by Crippen LogP contribution is 2.20. The summed E-state index contributed by atoms with van der Waals surface area (Å²) in [6.45, 7) is 0.297. The van der Waals surface area contributed by atoms with E-state index in [0.29, 0.717) is 29.1 Å². The van der Waals surface area contributed by atoms with Gasteiger partial charge in [-0.3, -0.25) is 14.7 Å². The molecule has 0 unspecified atom stereocenters. The number of nitrogens with two attached hydrogens (primary N) is 1. The maximum atomic E-state index is 13.1. The quantitative estimate of drug-likeness (QED) is 0.337. The van der Waals surface area contributed by atoms with Crippen molar-refractivity contribution in [2.45, 2.75) is 6.54 Å². The minimum absolute atomic E-state index is 0.104. The summed E-state index contributed by atoms with van der Waals surface area (Å²) >= 11 is 0. The lowest BCUT2D eigenvalue weighted by Gasteiger charge is -2.04. The van der Waals surface area contributed by atoms with Crippen molar-refractivity contribution >= 4 is 22.5 Å². The fraction of sp³-hybridized carbons (Fsp3) is 0.0556. The first-order chi connectivity index (χ1) is 13.0. The molecule has 0 aliphatic heterocycles. The largest absolute Gasteiger partial charge is 0.399 e. The Hall–Kier alpha value is -4.01. The van der Waals surface area contributed by atoms with Crippen molar-refractivity contribution in [3.8, 4) is 5.69 Å². The van der Waals surface area contributed by atoms with E-state index in [1.54, 1.807) is 24.4 Å². The van der Waals surface area contributed by atoms with E-state index in [1.165, 1.54) is 33.7 Å². The Balaban J connectivity index is 1.91. The van der Waals surface area contributed by atoms with Gasteiger partial charge >= 0.3 is 5.69 Å². The number of nitrogen functional groups attached to an aromatic ring is 1. The molecule has 0 atom stereocenters. The summed E-state index contributed by atoms with van der Waals surface area (Å²) in [4.78, 5) is 31.9. The Kier molecular flexibility index (Phi) is 3.88. The number of aromatic nitrogens is 4. The molecule has 0 bridgehead atoms. The van der Waals surface area contributed by atoms with Crippen LogP contribution in [0.5, 0.6) is 0 Å². The Morgan fingerprint density at radius 3 is 2.67 bits per heavy atom. The molecule has 0 saturated carbocycles. The number of non-ortho nitro benzene ring substituents is 1. The number of anilines is 1. The molecule has 2 aromatic heterocycles. The molecule has 2 N–H and O–H groups in total. The van der Waals surface area contributed by atoms with Gasteiger partial charge in [-0.2, -0.15) is 0 Å². The molecule has 4 rings (SSSR count). The van der Waals surface area contributed by atoms with Gasteiger partial charge in [0.25, 0.3) is 5.69 Å². The molecule has 0 saturated heterocycles. The molecule has 2 heterocycles. The molecule has 0 fully saturated rings. The van der Waals surface area contributed by atoms with E-state index in [9.17, 15) is 14.9 Å². The maximum absolute atomic E-state index is 13.1. The standard InChI is InChI=1S/C18H14N6O3/c19-13-6-4-12(5-7-13)10-22-16-9-20-11-21-17(16)23(18(22)25)14-2-1-3-15(8-14)24(26)27/h1-9,11H,10,19H2. The first kappa shape index (κ1) is 16.5. The van der Waals surface area contributed by atoms with Crippen LogP contribution in [0.1, 0.15) is 5.56 Å². The van der Waals surface area contributed by atoms with E-state index in [1.807, 2.05) is 12.1 Å². The van der Waals surface area contributed by atoms with Gasteiger partial charge in [0.2, 0.25) is 0 Å². The fourth-order valence-corrected chi connectivity index (χ4v) is 2.93. The van der Waals surface area contributed by atoms with Gasteiger partial charge in [0.15, 0.2) is 5.65 Å². The molecule has 0 spiro atoms. The topological polar surface area (TPSA) is 122 Å². The Morgan fingerprint density at radius 2 is 1.93 bits per heavy atom. The van der Waals surface area contributed by atoms with E-state index in [-0.39, 0.29) is 11.4 Å². The Bertz CT molecular complexity index is 1210. The van der Waals surface area contributed by atoms with Crippen LogP contribution in [0.2, 0.25) is 0 Å². The number of nitro groups is 1. The number of hydrogen-bond acceptors (Lipinski definition) is 6. The third kappa shape index (κ3) is 2.91. The van der Waals surface area contributed by atoms with Gasteiger partial charge in [0.1, 0.15) is 11.8 Å². The average Bonchev–Trinajstić information content (AvgIpc) is 2.95. The summed E-state index contributed by atoms with van der Waals surface area (Å²) in [5.74, 6) is 0. The van der Waals surface area contributed by atoms with Gasteiger partial charge < -0.3 is 5.73 Å². The number of nitrogens with zero attached hydrogens (tertiary/aromatic N) is 5. The van der Waals surface area contributed by atoms with Crippen LogP contribution < -0.4 is 11.4 Å². The number of hydrogen-bond donors (Lipinski definition) is 1. The lowest BCUT2D eigenvalue weighted by molar-refractivity contribution is -0.384. The minimum Gasteiger partial charge on any atom is -0.399 e. The normalized spacial score (nSPS) is 11.0. The second kappa shape index (κ2) is 6.37. The van der Waals surface area contributed by atoms with Crippen LogP contribution in [0.4, 0.5) is 11.4 Å². The van der Waals surface area contributed by atoms with Crippen molar-refractivity contribution in [2.75, 3.05) is 5.73 Å². The number of nitro benzene ring substituents is 1. The zero-order valence-electron chi connectivity index (χ0n) is 14.0. The van der Waals surface area contributed by atoms with Gasteiger partial charge in [0, 0.05) is 17.8 Å². The maximum Gasteiger partial charge on any atom is 0.335 e. The first-order valence-corrected chi connectivity index (χ1v) is 8.05. The molecular formula is C18H14N6O3. The van der Waals surface area contributed by atoms with Crippen LogP contribution in [0.25, 0.3) is 16.9 Å². The molecule has 9 heteroatoms. The third-order valence-electron chi connectivity index (χ3n) is 4.22. The summed E-state index contributed by atoms with van der Waals surface area (Å²) in [6.07, 6.45) is 2.89. The second-order valence-corrected chi connectivity index (χ2v) is 5.95. The molecule has 27 heavy (non-hydrogen) atoms. The van der Waals surface area contributed by atoms with E-state index < -0.39 is 4.92 Å². The molecule has 0 aliphatic rings. The smallest absolute Gasteiger partial charge is 0.335 e. The Labute approximate surface area is 152 Å². The van der Waals surface area contributed by atoms with Crippen molar-refractivity contribution in [1.82, 2.24) is 19.1 Å². The first-order valence-electron chi connectivity index (χ1n) is 8.05. The molecule has 0 radical (unpaired) electrons. The molecule has 0 amide bonds. The van der Waals surface area contributed by atoms with Crippen molar-refractivity contribution in [1.29, 1.82) is 0 Å². The number of fused-ring (bicyclic) bond motifs is 1. The zero-order valence-corrected chi connectivity index (χ0v) is 14.0. The van der Waals surface area contributed by atoms with Crippen LogP contribution in [-0.4, -0.2) is 24.0 Å². The highest BCUT2D eigenvalue weighted by atomic mass is 16.6. The fourth-order valence-electron chi connectivity index (χ4n) is 2.93. The van der Waals surface area contributed by atoms with E-state index >= 15 is 0 Å². The van der Waals surface area contributed by atoms with Crippen molar-refractivity contribution < 1.29 is 4.92 Å². The van der Waals surface area contributed by atoms with E-state index in [2.05, 4.69) is 9.97 Å². The predicted molar refractivity (Wildman–Crippen MR) is 99.7 cm³/mol. The van der Waals surface area contributed by atoms with Crippen LogP contribution in [0, 0.1) is 10.1 Å². The molecule has 9 nitrogen and oxygen atoms in total. The van der Waals surface area contributed by atoms with Gasteiger partial charge in [-0.05, 0) is 23.8 Å². The lowest BCUT2D eigenvalue weighted by atomic mass is 10.2. The highest BCUT2D eigenvalue weighted by Gasteiger charge is 2.18. The van der Waals surface area contributed by atoms with Crippen LogP contribution in [-0.2, 0) is 6.54 Å². The summed E-state index contributed by atoms with van der Waals surface area (Å²) in [5, 5.41) is 11.1. The van der Waals surface area contributed by atoms with E-state index in [0.717, 1.165) is 5.56 Å². The van der Waals surface area contributed by atoms with Crippen LogP contribution >= 0.6 is 0 Å². The summed E-state index contributed by atoms with van der Waals surface area (Å²) < 4.78 is 2.88. The molecule has 0 aliphatic carbocycles. The lowest BCUT2D eigenvalue weighted by Crippen LogP contribution is -2.23. The minimum atomic E-state index is -0.503. The van der Waals surface area contributed by atoms with Crippen LogP contribution in [0.15, 0.2) is 65.8 Å². The van der Waals surface area contributed by atoms with Crippen LogP contribution in [0.3, 0.4) is 0 Å². The monoisotopic (exact) mass is 362 g/mol. The number of rotatable bonds is 4. The third-order valence-corrected chi connectivity index (χ3v) is 4.22. The summed E-state index contributed by atoms with van der Waals surface area (Å²) in [5.41, 5.74) is 8.05. The summed E-state index contributed by atoms with van der Waals surface area (Å²) in [7, 11) is 0. The van der Waals surface area contributed by atoms with Gasteiger partial charge in [-0.25, -0.2) is 19.3 Å².